The normalized spacial score (nSPS) is 27.4. The Hall–Kier alpha value is -2.01. The Morgan fingerprint density at radius 1 is 1.05 bits per heavy atom. The van der Waals surface area contributed by atoms with Crippen LogP contribution in [0.5, 0.6) is 0 Å². The zero-order chi connectivity index (χ0) is 28.9. The van der Waals surface area contributed by atoms with Crippen LogP contribution < -0.4 is 5.32 Å². The molecule has 3 atom stereocenters. The second kappa shape index (κ2) is 11.6. The number of rotatable bonds is 5. The number of benzene rings is 2. The molecule has 0 aromatic heterocycles. The van der Waals surface area contributed by atoms with Gasteiger partial charge in [0.25, 0.3) is 5.92 Å². The van der Waals surface area contributed by atoms with Crippen LogP contribution >= 0.6 is 35.8 Å². The van der Waals surface area contributed by atoms with Crippen LogP contribution in [0.4, 0.5) is 8.78 Å². The third kappa shape index (κ3) is 5.69. The molecule has 4 heterocycles. The van der Waals surface area contributed by atoms with Gasteiger partial charge in [-0.2, -0.15) is 12.6 Å². The first-order chi connectivity index (χ1) is 19.6. The van der Waals surface area contributed by atoms with Gasteiger partial charge in [0.05, 0.1) is 34.0 Å². The second-order valence-corrected chi connectivity index (χ2v) is 12.6. The lowest BCUT2D eigenvalue weighted by molar-refractivity contribution is -0.137. The molecule has 2 amide bonds. The SMILES string of the molecule is O=C1CCC(N2Cc3c(CN4CCC(N5CC=C(c6cccc(Cl)c6Cl)CC5)C(F)(F)C4)cccc3C2S)C(=O)N1. The number of halogens is 4. The fourth-order valence-corrected chi connectivity index (χ4v) is 7.66. The summed E-state index contributed by atoms with van der Waals surface area (Å²) in [5.74, 6) is -3.41. The van der Waals surface area contributed by atoms with E-state index in [9.17, 15) is 9.59 Å². The van der Waals surface area contributed by atoms with Gasteiger partial charge in [0, 0.05) is 39.1 Å². The molecule has 4 aliphatic rings. The summed E-state index contributed by atoms with van der Waals surface area (Å²) >= 11 is 17.4. The minimum atomic E-state index is -2.86. The fourth-order valence-electron chi connectivity index (χ4n) is 6.75. The highest BCUT2D eigenvalue weighted by atomic mass is 35.5. The van der Waals surface area contributed by atoms with E-state index in [1.807, 2.05) is 51.1 Å². The number of likely N-dealkylation sites (tertiary alicyclic amines) is 1. The van der Waals surface area contributed by atoms with Gasteiger partial charge >= 0.3 is 0 Å². The predicted octanol–water partition coefficient (Wildman–Crippen LogP) is 5.54. The molecule has 0 saturated carbocycles. The number of alkyl halides is 2. The summed E-state index contributed by atoms with van der Waals surface area (Å²) in [7, 11) is 0. The van der Waals surface area contributed by atoms with Crippen LogP contribution in [0.3, 0.4) is 0 Å². The van der Waals surface area contributed by atoms with Gasteiger partial charge in [0.2, 0.25) is 11.8 Å². The van der Waals surface area contributed by atoms with Crippen LogP contribution in [-0.2, 0) is 22.7 Å². The number of piperidine rings is 2. The summed E-state index contributed by atoms with van der Waals surface area (Å²) in [6, 6.07) is 10.1. The molecule has 2 aromatic rings. The van der Waals surface area contributed by atoms with Crippen molar-refractivity contribution in [2.24, 2.45) is 0 Å². The van der Waals surface area contributed by atoms with E-state index >= 15 is 8.78 Å². The van der Waals surface area contributed by atoms with Crippen LogP contribution in [0.1, 0.15) is 53.3 Å². The van der Waals surface area contributed by atoms with Gasteiger partial charge in [-0.3, -0.25) is 29.6 Å². The van der Waals surface area contributed by atoms with Gasteiger partial charge in [-0.1, -0.05) is 59.6 Å². The Kier molecular flexibility index (Phi) is 8.22. The van der Waals surface area contributed by atoms with Crippen molar-refractivity contribution in [2.75, 3.05) is 26.2 Å². The molecular weight excluding hydrogens is 589 g/mol. The number of hydrogen-bond donors (Lipinski definition) is 2. The van der Waals surface area contributed by atoms with Crippen LogP contribution in [0, 0.1) is 0 Å². The number of nitrogens with zero attached hydrogens (tertiary/aromatic N) is 3. The topological polar surface area (TPSA) is 55.9 Å². The molecule has 218 valence electrons. The average molecular weight is 622 g/mol. The van der Waals surface area contributed by atoms with E-state index in [-0.39, 0.29) is 23.7 Å². The van der Waals surface area contributed by atoms with Crippen molar-refractivity contribution in [3.8, 4) is 0 Å². The molecule has 0 radical (unpaired) electrons. The fraction of sp³-hybridized carbons (Fsp3) is 0.467. The molecule has 0 spiro atoms. The summed E-state index contributed by atoms with van der Waals surface area (Å²) in [6.45, 7) is 2.16. The highest BCUT2D eigenvalue weighted by molar-refractivity contribution is 7.80. The molecule has 3 unspecified atom stereocenters. The Morgan fingerprint density at radius 2 is 1.85 bits per heavy atom. The zero-order valence-electron chi connectivity index (χ0n) is 22.5. The molecule has 0 bridgehead atoms. The summed E-state index contributed by atoms with van der Waals surface area (Å²) in [5.41, 5.74) is 4.93. The predicted molar refractivity (Wildman–Crippen MR) is 159 cm³/mol. The number of carbonyl (C=O) groups excluding carboxylic acids is 2. The van der Waals surface area contributed by atoms with Crippen molar-refractivity contribution in [2.45, 2.75) is 62.2 Å². The highest BCUT2D eigenvalue weighted by Crippen LogP contribution is 2.42. The third-order valence-corrected chi connectivity index (χ3v) is 10.3. The van der Waals surface area contributed by atoms with Gasteiger partial charge in [-0.25, -0.2) is 8.78 Å². The summed E-state index contributed by atoms with van der Waals surface area (Å²) in [4.78, 5) is 29.9. The second-order valence-electron chi connectivity index (χ2n) is 11.3. The van der Waals surface area contributed by atoms with Crippen molar-refractivity contribution < 1.29 is 18.4 Å². The number of thiol groups is 1. The summed E-state index contributed by atoms with van der Waals surface area (Å²) in [6.07, 6.45) is 3.76. The van der Waals surface area contributed by atoms with E-state index in [4.69, 9.17) is 35.8 Å². The first-order valence-electron chi connectivity index (χ1n) is 14.0. The lowest BCUT2D eigenvalue weighted by Crippen LogP contribution is -2.58. The van der Waals surface area contributed by atoms with Crippen LogP contribution in [0.15, 0.2) is 42.5 Å². The smallest absolute Gasteiger partial charge is 0.275 e. The Balaban J connectivity index is 1.11. The molecule has 1 N–H and O–H groups in total. The van der Waals surface area contributed by atoms with E-state index in [2.05, 4.69) is 5.32 Å². The molecule has 6 rings (SSSR count). The minimum absolute atomic E-state index is 0.254. The molecule has 2 fully saturated rings. The Bertz CT molecular complexity index is 1410. The van der Waals surface area contributed by atoms with Gasteiger partial charge in [-0.05, 0) is 53.2 Å². The monoisotopic (exact) mass is 620 g/mol. The van der Waals surface area contributed by atoms with E-state index in [0.29, 0.717) is 68.5 Å². The zero-order valence-corrected chi connectivity index (χ0v) is 24.9. The quantitative estimate of drug-likeness (QED) is 0.339. The average Bonchev–Trinajstić information content (AvgIpc) is 3.27. The van der Waals surface area contributed by atoms with E-state index in [1.54, 1.807) is 6.07 Å². The maximum absolute atomic E-state index is 15.6. The first kappa shape index (κ1) is 29.1. The molecule has 2 saturated heterocycles. The standard InChI is InChI=1S/C30H32Cl2F2N4O2S/c31-23-6-2-4-20(27(23)32)18-9-13-37(14-10-18)25-11-12-36(17-30(25,33)34)15-19-3-1-5-21-22(19)16-38(29(21)41)24-7-8-26(39)35-28(24)40/h1-6,9,24-25,29,41H,7-8,10-17H2,(H,35,39,40). The molecule has 6 nitrogen and oxygen atoms in total. The molecule has 2 aromatic carbocycles. The largest absolute Gasteiger partial charge is 0.295 e. The molecule has 41 heavy (non-hydrogen) atoms. The molecule has 4 aliphatic heterocycles. The highest BCUT2D eigenvalue weighted by Gasteiger charge is 2.48. The lowest BCUT2D eigenvalue weighted by atomic mass is 9.93. The Morgan fingerprint density at radius 3 is 2.59 bits per heavy atom. The number of nitrogens with one attached hydrogen (secondary N) is 1. The maximum atomic E-state index is 15.6. The van der Waals surface area contributed by atoms with Crippen LogP contribution in [0.25, 0.3) is 5.57 Å². The minimum Gasteiger partial charge on any atom is -0.295 e. The van der Waals surface area contributed by atoms with Crippen molar-refractivity contribution in [3.05, 3.63) is 74.8 Å². The van der Waals surface area contributed by atoms with E-state index < -0.39 is 18.0 Å². The number of imide groups is 1. The molecular formula is C30H32Cl2F2N4O2S. The Labute approximate surface area is 254 Å². The van der Waals surface area contributed by atoms with Crippen LogP contribution in [0.2, 0.25) is 10.0 Å². The van der Waals surface area contributed by atoms with Crippen molar-refractivity contribution in [1.29, 1.82) is 0 Å². The lowest BCUT2D eigenvalue weighted by Gasteiger charge is -2.44. The van der Waals surface area contributed by atoms with Gasteiger partial charge in [-0.15, -0.1) is 0 Å². The maximum Gasteiger partial charge on any atom is 0.275 e. The molecule has 11 heteroatoms. The van der Waals surface area contributed by atoms with Crippen molar-refractivity contribution in [1.82, 2.24) is 20.0 Å². The van der Waals surface area contributed by atoms with Gasteiger partial charge in [0.1, 0.15) is 0 Å². The van der Waals surface area contributed by atoms with Crippen LogP contribution in [-0.4, -0.2) is 70.7 Å². The van der Waals surface area contributed by atoms with E-state index in [1.165, 1.54) is 0 Å². The van der Waals surface area contributed by atoms with Gasteiger partial charge < -0.3 is 0 Å². The van der Waals surface area contributed by atoms with Gasteiger partial charge in [0.15, 0.2) is 0 Å². The number of hydrogen-bond acceptors (Lipinski definition) is 6. The van der Waals surface area contributed by atoms with Crippen molar-refractivity contribution >= 4 is 53.2 Å². The third-order valence-electron chi connectivity index (χ3n) is 8.87. The molecule has 0 aliphatic carbocycles. The number of amides is 2. The van der Waals surface area contributed by atoms with E-state index in [0.717, 1.165) is 27.8 Å². The summed E-state index contributed by atoms with van der Waals surface area (Å²) in [5, 5.41) is 3.13. The number of fused-ring (bicyclic) bond motifs is 1. The van der Waals surface area contributed by atoms with Crippen molar-refractivity contribution in [3.63, 3.8) is 0 Å². The first-order valence-corrected chi connectivity index (χ1v) is 15.3. The summed E-state index contributed by atoms with van der Waals surface area (Å²) < 4.78 is 31.2. The number of carbonyl (C=O) groups is 2.